The van der Waals surface area contributed by atoms with E-state index in [1.54, 1.807) is 34.6 Å². The van der Waals surface area contributed by atoms with Crippen LogP contribution in [0.15, 0.2) is 64.3 Å². The fourth-order valence-electron chi connectivity index (χ4n) is 5.59. The number of nitrogens with zero attached hydrogens (tertiary/aromatic N) is 5. The molecule has 2 aliphatic heterocycles. The van der Waals surface area contributed by atoms with Crippen LogP contribution in [0.3, 0.4) is 0 Å². The zero-order chi connectivity index (χ0) is 30.5. The first-order valence-electron chi connectivity index (χ1n) is 14.5. The number of para-hydroxylation sites is 1. The normalized spacial score (nSPS) is 16.3. The number of carbonyl (C=O) groups excluding carboxylic acids is 1. The van der Waals surface area contributed by atoms with Gasteiger partial charge in [0, 0.05) is 44.8 Å². The highest BCUT2D eigenvalue weighted by molar-refractivity contribution is 8.26. The predicted molar refractivity (Wildman–Crippen MR) is 176 cm³/mol. The molecule has 7 nitrogen and oxygen atoms in total. The monoisotopic (exact) mass is 615 g/mol. The number of hydrogen-bond acceptors (Lipinski definition) is 7. The molecule has 2 aromatic carbocycles. The molecule has 0 bridgehead atoms. The summed E-state index contributed by atoms with van der Waals surface area (Å²) in [7, 11) is 0. The lowest BCUT2D eigenvalue weighted by molar-refractivity contribution is -0.122. The highest BCUT2D eigenvalue weighted by Crippen LogP contribution is 2.36. The summed E-state index contributed by atoms with van der Waals surface area (Å²) in [6.45, 7) is 6.95. The van der Waals surface area contributed by atoms with Gasteiger partial charge >= 0.3 is 0 Å². The molecule has 2 aliphatic rings. The standard InChI is InChI=1S/C33H34FN5O2S2/c1-3-4-15-38-30(37-19-17-36(18-20-37)28-13-9-8-12-27(28)34)25(23(2)26(22-35)31(38)40)21-29-32(41)39(33(42)43-29)16-14-24-10-6-5-7-11-24/h5-13,21H,3-4,14-20H2,1-2H3/b29-21+. The number of rotatable bonds is 9. The smallest absolute Gasteiger partial charge is 0.270 e. The summed E-state index contributed by atoms with van der Waals surface area (Å²) in [5.74, 6) is 0.253. The summed E-state index contributed by atoms with van der Waals surface area (Å²) in [5.41, 5.74) is 2.65. The zero-order valence-corrected chi connectivity index (χ0v) is 26.0. The number of amides is 1. The molecular weight excluding hydrogens is 582 g/mol. The average Bonchev–Trinajstić information content (AvgIpc) is 3.29. The van der Waals surface area contributed by atoms with Crippen molar-refractivity contribution in [3.63, 3.8) is 0 Å². The minimum Gasteiger partial charge on any atom is -0.366 e. The van der Waals surface area contributed by atoms with Crippen LogP contribution >= 0.6 is 24.0 Å². The van der Waals surface area contributed by atoms with Crippen LogP contribution in [0.4, 0.5) is 15.9 Å². The van der Waals surface area contributed by atoms with Gasteiger partial charge < -0.3 is 9.80 Å². The number of piperazine rings is 1. The predicted octanol–water partition coefficient (Wildman–Crippen LogP) is 5.74. The van der Waals surface area contributed by atoms with Crippen molar-refractivity contribution < 1.29 is 9.18 Å². The van der Waals surface area contributed by atoms with Crippen molar-refractivity contribution in [3.05, 3.63) is 97.9 Å². The molecule has 5 rings (SSSR count). The molecule has 0 N–H and O–H groups in total. The number of aromatic nitrogens is 1. The summed E-state index contributed by atoms with van der Waals surface area (Å²) in [6.07, 6.45) is 4.12. The first-order valence-corrected chi connectivity index (χ1v) is 15.8. The third kappa shape index (κ3) is 6.38. The van der Waals surface area contributed by atoms with Gasteiger partial charge in [0.1, 0.15) is 27.6 Å². The van der Waals surface area contributed by atoms with E-state index in [2.05, 4.69) is 17.9 Å². The molecule has 0 unspecified atom stereocenters. The van der Waals surface area contributed by atoms with Crippen molar-refractivity contribution >= 4 is 51.8 Å². The zero-order valence-electron chi connectivity index (χ0n) is 24.4. The molecule has 2 saturated heterocycles. The largest absolute Gasteiger partial charge is 0.366 e. The van der Waals surface area contributed by atoms with Crippen molar-refractivity contribution in [2.24, 2.45) is 0 Å². The molecule has 0 radical (unpaired) electrons. The van der Waals surface area contributed by atoms with Gasteiger partial charge in [-0.2, -0.15) is 5.26 Å². The Balaban J connectivity index is 1.51. The number of nitriles is 1. The van der Waals surface area contributed by atoms with Crippen LogP contribution in [0, 0.1) is 24.1 Å². The topological polar surface area (TPSA) is 72.6 Å². The number of carbonyl (C=O) groups is 1. The van der Waals surface area contributed by atoms with E-state index in [1.165, 1.54) is 17.8 Å². The Bertz CT molecular complexity index is 1660. The average molecular weight is 616 g/mol. The SMILES string of the molecule is CCCCn1c(N2CCN(c3ccccc3F)CC2)c(/C=C2/SC(=S)N(CCc3ccccc3)C2=O)c(C)c(C#N)c1=O. The molecular formula is C33H34FN5O2S2. The maximum absolute atomic E-state index is 14.5. The van der Waals surface area contributed by atoms with Crippen LogP contribution in [0.1, 0.15) is 42.0 Å². The van der Waals surface area contributed by atoms with Gasteiger partial charge in [0.2, 0.25) is 0 Å². The molecule has 1 aromatic heterocycles. The molecule has 1 amide bonds. The van der Waals surface area contributed by atoms with Crippen molar-refractivity contribution in [2.75, 3.05) is 42.5 Å². The Kier molecular flexibility index (Phi) is 9.63. The highest BCUT2D eigenvalue weighted by Gasteiger charge is 2.33. The van der Waals surface area contributed by atoms with Crippen LogP contribution in [0.5, 0.6) is 0 Å². The number of thiocarbonyl (C=S) groups is 1. The molecule has 3 heterocycles. The summed E-state index contributed by atoms with van der Waals surface area (Å²) in [4.78, 5) is 33.5. The van der Waals surface area contributed by atoms with Gasteiger partial charge in [0.15, 0.2) is 0 Å². The Morgan fingerprint density at radius 1 is 1.00 bits per heavy atom. The fourth-order valence-corrected chi connectivity index (χ4v) is 6.88. The molecule has 222 valence electrons. The van der Waals surface area contributed by atoms with Crippen molar-refractivity contribution in [1.82, 2.24) is 9.47 Å². The lowest BCUT2D eigenvalue weighted by atomic mass is 10.0. The van der Waals surface area contributed by atoms with E-state index >= 15 is 0 Å². The minimum absolute atomic E-state index is 0.0793. The van der Waals surface area contributed by atoms with E-state index < -0.39 is 0 Å². The van der Waals surface area contributed by atoms with Gasteiger partial charge in [-0.15, -0.1) is 0 Å². The molecule has 10 heteroatoms. The Hall–Kier alpha value is -3.94. The number of pyridine rings is 1. The van der Waals surface area contributed by atoms with Crippen LogP contribution in [-0.2, 0) is 17.8 Å². The summed E-state index contributed by atoms with van der Waals surface area (Å²) in [6, 6.07) is 18.8. The molecule has 0 saturated carbocycles. The number of thioether (sulfide) groups is 1. The second kappa shape index (κ2) is 13.6. The number of halogens is 1. The molecule has 43 heavy (non-hydrogen) atoms. The first-order chi connectivity index (χ1) is 20.8. The molecule has 0 spiro atoms. The fraction of sp³-hybridized carbons (Fsp3) is 0.333. The van der Waals surface area contributed by atoms with Crippen LogP contribution in [0.25, 0.3) is 6.08 Å². The third-order valence-corrected chi connectivity index (χ3v) is 9.35. The number of anilines is 2. The minimum atomic E-state index is -0.326. The quantitative estimate of drug-likeness (QED) is 0.225. The van der Waals surface area contributed by atoms with Gasteiger partial charge in [-0.05, 0) is 49.1 Å². The number of benzene rings is 2. The van der Waals surface area contributed by atoms with Gasteiger partial charge in [-0.3, -0.25) is 19.1 Å². The van der Waals surface area contributed by atoms with E-state index in [1.807, 2.05) is 41.3 Å². The van der Waals surface area contributed by atoms with E-state index in [9.17, 15) is 19.2 Å². The summed E-state index contributed by atoms with van der Waals surface area (Å²) < 4.78 is 16.7. The van der Waals surface area contributed by atoms with Gasteiger partial charge in [-0.1, -0.05) is 79.8 Å². The van der Waals surface area contributed by atoms with Crippen LogP contribution in [0.2, 0.25) is 0 Å². The van der Waals surface area contributed by atoms with Crippen LogP contribution in [-0.4, -0.2) is 52.4 Å². The van der Waals surface area contributed by atoms with E-state index in [0.29, 0.717) is 77.5 Å². The maximum Gasteiger partial charge on any atom is 0.270 e. The van der Waals surface area contributed by atoms with E-state index in [-0.39, 0.29) is 22.8 Å². The van der Waals surface area contributed by atoms with Crippen molar-refractivity contribution in [2.45, 2.75) is 39.7 Å². The highest BCUT2D eigenvalue weighted by atomic mass is 32.2. The summed E-state index contributed by atoms with van der Waals surface area (Å²) >= 11 is 6.86. The maximum atomic E-state index is 14.5. The van der Waals surface area contributed by atoms with E-state index in [0.717, 1.165) is 18.4 Å². The van der Waals surface area contributed by atoms with Crippen LogP contribution < -0.4 is 15.4 Å². The van der Waals surface area contributed by atoms with Crippen molar-refractivity contribution in [3.8, 4) is 6.07 Å². The second-order valence-electron chi connectivity index (χ2n) is 10.7. The Morgan fingerprint density at radius 2 is 1.67 bits per heavy atom. The third-order valence-electron chi connectivity index (χ3n) is 7.97. The molecule has 2 fully saturated rings. The number of hydrogen-bond donors (Lipinski definition) is 0. The molecule has 0 aliphatic carbocycles. The Labute approximate surface area is 261 Å². The first kappa shape index (κ1) is 30.5. The lowest BCUT2D eigenvalue weighted by Gasteiger charge is -2.39. The van der Waals surface area contributed by atoms with E-state index in [4.69, 9.17) is 12.2 Å². The van der Waals surface area contributed by atoms with Gasteiger partial charge in [0.05, 0.1) is 10.6 Å². The van der Waals surface area contributed by atoms with Gasteiger partial charge in [-0.25, -0.2) is 4.39 Å². The van der Waals surface area contributed by atoms with Gasteiger partial charge in [0.25, 0.3) is 11.5 Å². The number of unbranched alkanes of at least 4 members (excludes halogenated alkanes) is 1. The second-order valence-corrected chi connectivity index (χ2v) is 12.3. The molecule has 3 aromatic rings. The summed E-state index contributed by atoms with van der Waals surface area (Å²) in [5, 5.41) is 10.00. The van der Waals surface area contributed by atoms with Crippen molar-refractivity contribution in [1.29, 1.82) is 5.26 Å². The lowest BCUT2D eigenvalue weighted by Crippen LogP contribution is -2.49. The Morgan fingerprint density at radius 3 is 2.35 bits per heavy atom. The molecule has 0 atom stereocenters.